The van der Waals surface area contributed by atoms with Crippen molar-refractivity contribution in [2.75, 3.05) is 5.32 Å². The van der Waals surface area contributed by atoms with Gasteiger partial charge in [-0.15, -0.1) is 0 Å². The van der Waals surface area contributed by atoms with Crippen LogP contribution in [0.2, 0.25) is 0 Å². The van der Waals surface area contributed by atoms with Gasteiger partial charge in [-0.05, 0) is 61.0 Å². The highest BCUT2D eigenvalue weighted by molar-refractivity contribution is 6.00. The first-order valence-electron chi connectivity index (χ1n) is 8.56. The van der Waals surface area contributed by atoms with Crippen LogP contribution in [0.1, 0.15) is 15.9 Å². The van der Waals surface area contributed by atoms with Gasteiger partial charge >= 0.3 is 0 Å². The number of nitrogens with zero attached hydrogens (tertiary/aromatic N) is 3. The number of carbonyl (C=O) groups is 1. The highest BCUT2D eigenvalue weighted by Gasteiger charge is 2.13. The Bertz CT molecular complexity index is 1190. The number of hydrogen-bond donors (Lipinski definition) is 2. The van der Waals surface area contributed by atoms with E-state index in [0.717, 1.165) is 5.56 Å². The van der Waals surface area contributed by atoms with Crippen LogP contribution in [-0.2, 0) is 0 Å². The van der Waals surface area contributed by atoms with Crippen molar-refractivity contribution < 1.29 is 9.18 Å². The van der Waals surface area contributed by atoms with Crippen LogP contribution in [0, 0.1) is 12.7 Å². The molecule has 0 spiro atoms. The summed E-state index contributed by atoms with van der Waals surface area (Å²) < 4.78 is 13.6. The lowest BCUT2D eigenvalue weighted by Crippen LogP contribution is -2.11. The maximum Gasteiger partial charge on any atom is 0.248 e. The Balaban J connectivity index is 1.90. The van der Waals surface area contributed by atoms with Crippen LogP contribution in [0.3, 0.4) is 0 Å². The van der Waals surface area contributed by atoms with Crippen LogP contribution in [0.15, 0.2) is 60.9 Å². The molecule has 4 rings (SSSR count). The number of aromatic nitrogens is 3. The van der Waals surface area contributed by atoms with E-state index in [0.29, 0.717) is 39.4 Å². The first-order chi connectivity index (χ1) is 13.5. The van der Waals surface area contributed by atoms with Crippen LogP contribution < -0.4 is 11.1 Å². The van der Waals surface area contributed by atoms with Gasteiger partial charge in [-0.2, -0.15) is 0 Å². The van der Waals surface area contributed by atoms with E-state index in [1.165, 1.54) is 6.07 Å². The zero-order chi connectivity index (χ0) is 19.7. The molecule has 1 amide bonds. The molecule has 4 aromatic rings. The number of benzene rings is 2. The first kappa shape index (κ1) is 17.5. The number of hydrogen-bond acceptors (Lipinski definition) is 5. The van der Waals surface area contributed by atoms with E-state index in [1.807, 2.05) is 6.07 Å². The Morgan fingerprint density at radius 2 is 1.96 bits per heavy atom. The lowest BCUT2D eigenvalue weighted by molar-refractivity contribution is 0.100. The van der Waals surface area contributed by atoms with Gasteiger partial charge in [0.1, 0.15) is 11.6 Å². The van der Waals surface area contributed by atoms with E-state index in [4.69, 9.17) is 5.73 Å². The van der Waals surface area contributed by atoms with Crippen LogP contribution in [0.4, 0.5) is 15.9 Å². The number of carbonyl (C=O) groups excluding carboxylic acids is 1. The maximum absolute atomic E-state index is 13.6. The molecule has 0 aliphatic carbocycles. The summed E-state index contributed by atoms with van der Waals surface area (Å²) in [6.45, 7) is 1.69. The third-order valence-corrected chi connectivity index (χ3v) is 4.32. The molecule has 0 aliphatic heterocycles. The van der Waals surface area contributed by atoms with E-state index in [-0.39, 0.29) is 5.82 Å². The highest BCUT2D eigenvalue weighted by atomic mass is 19.1. The van der Waals surface area contributed by atoms with E-state index < -0.39 is 5.91 Å². The molecule has 2 aromatic heterocycles. The minimum atomic E-state index is -0.540. The van der Waals surface area contributed by atoms with Crippen molar-refractivity contribution in [3.8, 4) is 11.4 Å². The summed E-state index contributed by atoms with van der Waals surface area (Å²) in [4.78, 5) is 24.9. The molecule has 3 N–H and O–H groups in total. The fraction of sp³-hybridized carbons (Fsp3) is 0.0476. The monoisotopic (exact) mass is 373 g/mol. The van der Waals surface area contributed by atoms with E-state index in [9.17, 15) is 9.18 Å². The van der Waals surface area contributed by atoms with Crippen molar-refractivity contribution >= 4 is 28.3 Å². The summed E-state index contributed by atoms with van der Waals surface area (Å²) in [6.07, 6.45) is 3.34. The molecule has 2 aromatic carbocycles. The zero-order valence-electron chi connectivity index (χ0n) is 15.0. The Morgan fingerprint density at radius 1 is 1.11 bits per heavy atom. The lowest BCUT2D eigenvalue weighted by atomic mass is 10.1. The van der Waals surface area contributed by atoms with Crippen LogP contribution >= 0.6 is 0 Å². The van der Waals surface area contributed by atoms with Gasteiger partial charge in [0.05, 0.1) is 5.52 Å². The van der Waals surface area contributed by atoms with Gasteiger partial charge in [0, 0.05) is 34.6 Å². The first-order valence-corrected chi connectivity index (χ1v) is 8.56. The number of halogens is 1. The Morgan fingerprint density at radius 3 is 2.68 bits per heavy atom. The molecule has 0 bridgehead atoms. The third kappa shape index (κ3) is 3.37. The normalized spacial score (nSPS) is 10.8. The Labute approximate surface area is 160 Å². The molecule has 2 heterocycles. The number of pyridine rings is 1. The molecule has 7 heteroatoms. The average Bonchev–Trinajstić information content (AvgIpc) is 2.71. The Kier molecular flexibility index (Phi) is 4.41. The van der Waals surface area contributed by atoms with E-state index >= 15 is 0 Å². The molecule has 6 nitrogen and oxygen atoms in total. The van der Waals surface area contributed by atoms with Crippen molar-refractivity contribution in [3.63, 3.8) is 0 Å². The molecular weight excluding hydrogens is 357 g/mol. The number of nitrogens with one attached hydrogen (secondary N) is 1. The van der Waals surface area contributed by atoms with Gasteiger partial charge in [-0.3, -0.25) is 9.78 Å². The third-order valence-electron chi connectivity index (χ3n) is 4.32. The van der Waals surface area contributed by atoms with Gasteiger partial charge in [-0.1, -0.05) is 0 Å². The molecule has 0 aliphatic rings. The van der Waals surface area contributed by atoms with E-state index in [1.54, 1.807) is 55.7 Å². The second-order valence-electron chi connectivity index (χ2n) is 6.32. The van der Waals surface area contributed by atoms with Crippen molar-refractivity contribution in [1.82, 2.24) is 15.0 Å². The number of amides is 1. The molecule has 28 heavy (non-hydrogen) atoms. The van der Waals surface area contributed by atoms with Gasteiger partial charge in [0.2, 0.25) is 5.91 Å². The van der Waals surface area contributed by atoms with Crippen LogP contribution in [0.5, 0.6) is 0 Å². The molecule has 0 radical (unpaired) electrons. The van der Waals surface area contributed by atoms with E-state index in [2.05, 4.69) is 20.3 Å². The standard InChI is InChI=1S/C21H16FN5O/c1-12-9-15(5-6-17(12)22)25-21-16-10-13(19(23)28)4-7-18(16)26-20(27-21)14-3-2-8-24-11-14/h2-11H,1H3,(H2,23,28)(H,25,26,27). The topological polar surface area (TPSA) is 93.8 Å². The van der Waals surface area contributed by atoms with Gasteiger partial charge in [-0.25, -0.2) is 14.4 Å². The zero-order valence-corrected chi connectivity index (χ0v) is 15.0. The second-order valence-corrected chi connectivity index (χ2v) is 6.32. The number of nitrogens with two attached hydrogens (primary N) is 1. The summed E-state index contributed by atoms with van der Waals surface area (Å²) in [7, 11) is 0. The Hall–Kier alpha value is -3.87. The number of primary amides is 1. The largest absolute Gasteiger partial charge is 0.366 e. The summed E-state index contributed by atoms with van der Waals surface area (Å²) >= 11 is 0. The fourth-order valence-corrected chi connectivity index (χ4v) is 2.86. The quantitative estimate of drug-likeness (QED) is 0.564. The molecule has 0 saturated carbocycles. The lowest BCUT2D eigenvalue weighted by Gasteiger charge is -2.12. The number of rotatable bonds is 4. The maximum atomic E-state index is 13.6. The summed E-state index contributed by atoms with van der Waals surface area (Å²) in [5.74, 6) is 0.138. The molecule has 0 saturated heterocycles. The predicted octanol–water partition coefficient (Wildman–Crippen LogP) is 3.98. The minimum absolute atomic E-state index is 0.287. The SMILES string of the molecule is Cc1cc(Nc2nc(-c3cccnc3)nc3ccc(C(N)=O)cc23)ccc1F. The molecule has 0 fully saturated rings. The fourth-order valence-electron chi connectivity index (χ4n) is 2.86. The van der Waals surface area contributed by atoms with Crippen LogP contribution in [-0.4, -0.2) is 20.9 Å². The highest BCUT2D eigenvalue weighted by Crippen LogP contribution is 2.28. The molecule has 0 unspecified atom stereocenters. The number of aryl methyl sites for hydroxylation is 1. The summed E-state index contributed by atoms with van der Waals surface area (Å²) in [6, 6.07) is 13.3. The van der Waals surface area contributed by atoms with Gasteiger partial charge in [0.15, 0.2) is 5.82 Å². The van der Waals surface area contributed by atoms with Crippen LogP contribution in [0.25, 0.3) is 22.3 Å². The van der Waals surface area contributed by atoms with Crippen molar-refractivity contribution in [3.05, 3.63) is 77.9 Å². The molecular formula is C21H16FN5O. The van der Waals surface area contributed by atoms with Gasteiger partial charge in [0.25, 0.3) is 0 Å². The van der Waals surface area contributed by atoms with Crippen molar-refractivity contribution in [1.29, 1.82) is 0 Å². The van der Waals surface area contributed by atoms with Crippen molar-refractivity contribution in [2.24, 2.45) is 5.73 Å². The average molecular weight is 373 g/mol. The smallest absolute Gasteiger partial charge is 0.248 e. The van der Waals surface area contributed by atoms with Gasteiger partial charge < -0.3 is 11.1 Å². The van der Waals surface area contributed by atoms with Crippen molar-refractivity contribution in [2.45, 2.75) is 6.92 Å². The minimum Gasteiger partial charge on any atom is -0.366 e. The number of anilines is 2. The molecule has 0 atom stereocenters. The summed E-state index contributed by atoms with van der Waals surface area (Å²) in [5.41, 5.74) is 8.33. The number of fused-ring (bicyclic) bond motifs is 1. The second kappa shape index (κ2) is 7.03. The molecule has 138 valence electrons. The summed E-state index contributed by atoms with van der Waals surface area (Å²) in [5, 5.41) is 3.83. The predicted molar refractivity (Wildman–Crippen MR) is 106 cm³/mol.